The molecule has 0 unspecified atom stereocenters. The third-order valence-electron chi connectivity index (χ3n) is 4.99. The lowest BCUT2D eigenvalue weighted by Crippen LogP contribution is -2.18. The predicted octanol–water partition coefficient (Wildman–Crippen LogP) is 4.46. The first-order valence-electron chi connectivity index (χ1n) is 9.74. The van der Waals surface area contributed by atoms with E-state index in [0.29, 0.717) is 32.9 Å². The van der Waals surface area contributed by atoms with Gasteiger partial charge < -0.3 is 5.32 Å². The van der Waals surface area contributed by atoms with Crippen molar-refractivity contribution in [3.63, 3.8) is 0 Å². The summed E-state index contributed by atoms with van der Waals surface area (Å²) < 4.78 is 16.6. The average Bonchev–Trinajstić information content (AvgIpc) is 3.36. The van der Waals surface area contributed by atoms with E-state index < -0.39 is 0 Å². The molecule has 1 amide bonds. The van der Waals surface area contributed by atoms with Gasteiger partial charge in [0.25, 0.3) is 0 Å². The number of nitrogens with zero attached hydrogens (tertiary/aromatic N) is 6. The number of carbonyl (C=O) groups is 1. The maximum atomic E-state index is 13.4. The third-order valence-corrected chi connectivity index (χ3v) is 6.15. The molecule has 0 aliphatic heterocycles. The quantitative estimate of drug-likeness (QED) is 0.408. The van der Waals surface area contributed by atoms with Gasteiger partial charge in [-0.2, -0.15) is 9.94 Å². The van der Waals surface area contributed by atoms with Gasteiger partial charge in [-0.15, -0.1) is 5.10 Å². The molecule has 2 heterocycles. The van der Waals surface area contributed by atoms with Gasteiger partial charge in [-0.3, -0.25) is 9.36 Å². The lowest BCUT2D eigenvalue weighted by atomic mass is 10.2. The van der Waals surface area contributed by atoms with Crippen molar-refractivity contribution in [2.45, 2.75) is 19.0 Å². The second-order valence-electron chi connectivity index (χ2n) is 7.05. The number of amides is 1. The second-order valence-corrected chi connectivity index (χ2v) is 8.43. The zero-order valence-electron chi connectivity index (χ0n) is 17.6. The van der Waals surface area contributed by atoms with E-state index in [1.807, 2.05) is 6.92 Å². The zero-order valence-corrected chi connectivity index (χ0v) is 19.2. The molecule has 0 radical (unpaired) electrons. The number of carbonyl (C=O) groups excluding carboxylic acids is 1. The maximum Gasteiger partial charge on any atom is 0.236 e. The van der Waals surface area contributed by atoms with Gasteiger partial charge in [0.15, 0.2) is 0 Å². The highest BCUT2D eigenvalue weighted by Crippen LogP contribution is 2.30. The summed E-state index contributed by atoms with van der Waals surface area (Å²) in [5.41, 5.74) is 3.14. The van der Waals surface area contributed by atoms with Crippen LogP contribution < -0.4 is 5.32 Å². The van der Waals surface area contributed by atoms with Crippen molar-refractivity contribution in [1.29, 1.82) is 5.26 Å². The van der Waals surface area contributed by atoms with Gasteiger partial charge in [0, 0.05) is 16.4 Å². The number of anilines is 1. The molecule has 0 saturated heterocycles. The summed E-state index contributed by atoms with van der Waals surface area (Å²) in [6.07, 6.45) is 0. The van der Waals surface area contributed by atoms with Crippen LogP contribution in [0.5, 0.6) is 0 Å². The van der Waals surface area contributed by atoms with Gasteiger partial charge in [0.05, 0.1) is 17.0 Å². The Balaban J connectivity index is 1.57. The fraction of sp³-hybridized carbons (Fsp3) is 0.136. The van der Waals surface area contributed by atoms with Gasteiger partial charge in [-0.1, -0.05) is 29.4 Å². The van der Waals surface area contributed by atoms with Crippen LogP contribution in [0, 0.1) is 31.0 Å². The first-order chi connectivity index (χ1) is 15.9. The number of thioether (sulfide) groups is 1. The SMILES string of the molecule is Cc1c(C#N)c(NC(=O)CSc2nnnn2-c2cccc(Cl)c2)n(-c2ccc(F)cc2)c1C. The minimum atomic E-state index is -0.375. The van der Waals surface area contributed by atoms with E-state index in [-0.39, 0.29) is 17.5 Å². The molecule has 0 aliphatic rings. The lowest BCUT2D eigenvalue weighted by Gasteiger charge is -2.13. The van der Waals surface area contributed by atoms with E-state index >= 15 is 0 Å². The zero-order chi connectivity index (χ0) is 23.5. The van der Waals surface area contributed by atoms with Crippen molar-refractivity contribution in [3.8, 4) is 17.4 Å². The van der Waals surface area contributed by atoms with Crippen LogP contribution in [-0.2, 0) is 4.79 Å². The average molecular weight is 482 g/mol. The number of nitriles is 1. The van der Waals surface area contributed by atoms with Crippen LogP contribution in [0.3, 0.4) is 0 Å². The molecule has 0 saturated carbocycles. The standard InChI is InChI=1S/C22H17ClFN7OS/c1-13-14(2)30(17-8-6-16(24)7-9-17)21(19(13)11-25)26-20(32)12-33-22-27-28-29-31(22)18-5-3-4-15(23)10-18/h3-10H,12H2,1-2H3,(H,26,32). The Morgan fingerprint density at radius 2 is 1.97 bits per heavy atom. The van der Waals surface area contributed by atoms with Crippen molar-refractivity contribution in [1.82, 2.24) is 24.8 Å². The van der Waals surface area contributed by atoms with Crippen molar-refractivity contribution in [3.05, 3.63) is 76.2 Å². The van der Waals surface area contributed by atoms with Crippen LogP contribution in [0.25, 0.3) is 11.4 Å². The molecule has 4 rings (SSSR count). The molecule has 0 spiro atoms. The summed E-state index contributed by atoms with van der Waals surface area (Å²) in [6, 6.07) is 15.0. The van der Waals surface area contributed by atoms with Crippen LogP contribution in [0.15, 0.2) is 53.7 Å². The van der Waals surface area contributed by atoms with E-state index in [0.717, 1.165) is 23.0 Å². The molecule has 2 aromatic heterocycles. The largest absolute Gasteiger partial charge is 0.310 e. The van der Waals surface area contributed by atoms with Gasteiger partial charge >= 0.3 is 0 Å². The first kappa shape index (κ1) is 22.5. The molecule has 2 aromatic carbocycles. The number of benzene rings is 2. The summed E-state index contributed by atoms with van der Waals surface area (Å²) in [6.45, 7) is 3.64. The number of rotatable bonds is 6. The molecule has 4 aromatic rings. The van der Waals surface area contributed by atoms with Crippen LogP contribution in [0.2, 0.25) is 5.02 Å². The topological polar surface area (TPSA) is 101 Å². The Hall–Kier alpha value is -3.68. The molecule has 1 N–H and O–H groups in total. The predicted molar refractivity (Wildman–Crippen MR) is 123 cm³/mol. The number of halogens is 2. The Kier molecular flexibility index (Phi) is 6.44. The molecule has 0 aliphatic carbocycles. The Morgan fingerprint density at radius 1 is 1.21 bits per heavy atom. The molecule has 0 fully saturated rings. The number of nitrogens with one attached hydrogen (secondary N) is 1. The normalized spacial score (nSPS) is 10.8. The highest BCUT2D eigenvalue weighted by Gasteiger charge is 2.21. The maximum absolute atomic E-state index is 13.4. The van der Waals surface area contributed by atoms with Crippen LogP contribution in [-0.4, -0.2) is 36.4 Å². The van der Waals surface area contributed by atoms with Crippen LogP contribution in [0.1, 0.15) is 16.8 Å². The summed E-state index contributed by atoms with van der Waals surface area (Å²) in [5.74, 6) is -0.393. The molecular formula is C22H17ClFN7OS. The van der Waals surface area contributed by atoms with Crippen molar-refractivity contribution >= 4 is 35.1 Å². The summed E-state index contributed by atoms with van der Waals surface area (Å²) in [5, 5.41) is 25.1. The molecule has 0 atom stereocenters. The van der Waals surface area contributed by atoms with Gasteiger partial charge in [0.2, 0.25) is 11.1 Å². The van der Waals surface area contributed by atoms with E-state index in [9.17, 15) is 14.4 Å². The van der Waals surface area contributed by atoms with Crippen molar-refractivity contribution in [2.24, 2.45) is 0 Å². The first-order valence-corrected chi connectivity index (χ1v) is 11.1. The molecule has 11 heteroatoms. The van der Waals surface area contributed by atoms with Gasteiger partial charge in [-0.05, 0) is 72.3 Å². The smallest absolute Gasteiger partial charge is 0.236 e. The molecule has 166 valence electrons. The second kappa shape index (κ2) is 9.44. The summed E-state index contributed by atoms with van der Waals surface area (Å²) >= 11 is 7.19. The lowest BCUT2D eigenvalue weighted by molar-refractivity contribution is -0.113. The minimum Gasteiger partial charge on any atom is -0.310 e. The number of aromatic nitrogens is 5. The molecule has 8 nitrogen and oxygen atoms in total. The minimum absolute atomic E-state index is 0.00149. The Labute approximate surface area is 198 Å². The van der Waals surface area contributed by atoms with E-state index in [1.54, 1.807) is 47.9 Å². The Bertz CT molecular complexity index is 1370. The highest BCUT2D eigenvalue weighted by atomic mass is 35.5. The number of hydrogen-bond donors (Lipinski definition) is 1. The monoisotopic (exact) mass is 481 g/mol. The molecular weight excluding hydrogens is 465 g/mol. The fourth-order valence-corrected chi connectivity index (χ4v) is 4.19. The molecule has 0 bridgehead atoms. The van der Waals surface area contributed by atoms with Crippen LogP contribution >= 0.6 is 23.4 Å². The fourth-order valence-electron chi connectivity index (χ4n) is 3.31. The van der Waals surface area contributed by atoms with Gasteiger partial charge in [0.1, 0.15) is 17.7 Å². The van der Waals surface area contributed by atoms with Crippen LogP contribution in [0.4, 0.5) is 10.2 Å². The van der Waals surface area contributed by atoms with Crippen molar-refractivity contribution in [2.75, 3.05) is 11.1 Å². The highest BCUT2D eigenvalue weighted by molar-refractivity contribution is 7.99. The van der Waals surface area contributed by atoms with E-state index in [2.05, 4.69) is 26.9 Å². The van der Waals surface area contributed by atoms with Gasteiger partial charge in [-0.25, -0.2) is 4.39 Å². The Morgan fingerprint density at radius 3 is 2.67 bits per heavy atom. The van der Waals surface area contributed by atoms with E-state index in [1.165, 1.54) is 16.8 Å². The summed E-state index contributed by atoms with van der Waals surface area (Å²) in [4.78, 5) is 12.8. The number of tetrazole rings is 1. The third kappa shape index (κ3) is 4.60. The summed E-state index contributed by atoms with van der Waals surface area (Å²) in [7, 11) is 0. The number of hydrogen-bond acceptors (Lipinski definition) is 6. The van der Waals surface area contributed by atoms with Crippen molar-refractivity contribution < 1.29 is 9.18 Å². The molecule has 33 heavy (non-hydrogen) atoms. The van der Waals surface area contributed by atoms with E-state index in [4.69, 9.17) is 11.6 Å².